The smallest absolute Gasteiger partial charge is 0.338 e. The Kier molecular flexibility index (Phi) is 7.10. The number of anilines is 2. The fraction of sp³-hybridized carbons (Fsp3) is 0.435. The van der Waals surface area contributed by atoms with Gasteiger partial charge in [-0.25, -0.2) is 8.42 Å². The molecule has 192 valence electrons. The first-order chi connectivity index (χ1) is 17.0. The Morgan fingerprint density at radius 2 is 1.86 bits per heavy atom. The molecule has 1 aromatic carbocycles. The highest BCUT2D eigenvalue weighted by Crippen LogP contribution is 2.36. The molecule has 2 aromatic heterocycles. The first-order valence-corrected chi connectivity index (χ1v) is 12.8. The molecule has 3 aromatic rings. The predicted molar refractivity (Wildman–Crippen MR) is 127 cm³/mol. The van der Waals surface area contributed by atoms with E-state index in [-0.39, 0.29) is 23.4 Å². The van der Waals surface area contributed by atoms with Crippen molar-refractivity contribution in [1.82, 2.24) is 19.1 Å². The maximum atomic E-state index is 12.9. The van der Waals surface area contributed by atoms with Crippen LogP contribution in [0.3, 0.4) is 0 Å². The van der Waals surface area contributed by atoms with Crippen molar-refractivity contribution in [2.75, 3.05) is 18.4 Å². The van der Waals surface area contributed by atoms with Crippen molar-refractivity contribution < 1.29 is 21.6 Å². The van der Waals surface area contributed by atoms with Crippen molar-refractivity contribution >= 4 is 32.4 Å². The quantitative estimate of drug-likeness (QED) is 0.505. The van der Waals surface area contributed by atoms with E-state index in [1.165, 1.54) is 31.2 Å². The highest BCUT2D eigenvalue weighted by Gasteiger charge is 2.46. The molecule has 36 heavy (non-hydrogen) atoms. The highest BCUT2D eigenvalue weighted by atomic mass is 32.2. The number of nitrogens with one attached hydrogen (secondary N) is 2. The number of alkyl halides is 3. The molecule has 1 aliphatic carbocycles. The van der Waals surface area contributed by atoms with E-state index < -0.39 is 28.7 Å². The highest BCUT2D eigenvalue weighted by molar-refractivity contribution is 7.89. The molecule has 1 saturated heterocycles. The summed E-state index contributed by atoms with van der Waals surface area (Å²) in [6.45, 7) is 1.41. The van der Waals surface area contributed by atoms with Gasteiger partial charge in [-0.1, -0.05) is 0 Å². The summed E-state index contributed by atoms with van der Waals surface area (Å²) in [4.78, 5) is 15.0. The van der Waals surface area contributed by atoms with E-state index in [0.717, 1.165) is 17.1 Å². The minimum atomic E-state index is -4.42. The lowest BCUT2D eigenvalue weighted by Crippen LogP contribution is -2.32. The van der Waals surface area contributed by atoms with Gasteiger partial charge in [0.15, 0.2) is 5.82 Å². The van der Waals surface area contributed by atoms with Crippen molar-refractivity contribution in [3.8, 4) is 6.07 Å². The molecular formula is C23H25F3N6O3S. The van der Waals surface area contributed by atoms with Gasteiger partial charge in [0, 0.05) is 38.4 Å². The molecule has 1 saturated carbocycles. The minimum Gasteiger partial charge on any atom is -0.338 e. The summed E-state index contributed by atoms with van der Waals surface area (Å²) >= 11 is 0. The fourth-order valence-corrected chi connectivity index (χ4v) is 5.62. The third-order valence-electron chi connectivity index (χ3n) is 6.17. The number of aromatic nitrogens is 3. The molecule has 1 aliphatic heterocycles. The minimum absolute atomic E-state index is 0.0853. The van der Waals surface area contributed by atoms with Crippen LogP contribution in [0.2, 0.25) is 0 Å². The molecule has 0 spiro atoms. The number of aromatic amines is 1. The molecule has 0 amide bonds. The molecule has 5 rings (SSSR count). The predicted octanol–water partition coefficient (Wildman–Crippen LogP) is 3.98. The number of fused-ring (bicyclic) bond motifs is 1. The van der Waals surface area contributed by atoms with Crippen LogP contribution < -0.4 is 10.9 Å². The molecule has 2 N–H and O–H groups in total. The van der Waals surface area contributed by atoms with Crippen LogP contribution in [0.5, 0.6) is 0 Å². The maximum absolute atomic E-state index is 12.9. The molecule has 2 aliphatic rings. The van der Waals surface area contributed by atoms with Crippen molar-refractivity contribution in [3.63, 3.8) is 0 Å². The van der Waals surface area contributed by atoms with Gasteiger partial charge in [-0.15, -0.1) is 0 Å². The lowest BCUT2D eigenvalue weighted by Gasteiger charge is -2.18. The monoisotopic (exact) mass is 522 g/mol. The third kappa shape index (κ3) is 5.39. The van der Waals surface area contributed by atoms with E-state index in [1.54, 1.807) is 23.0 Å². The summed E-state index contributed by atoms with van der Waals surface area (Å²) in [7, 11) is -4.03. The fourth-order valence-electron chi connectivity index (χ4n) is 4.12. The van der Waals surface area contributed by atoms with Gasteiger partial charge in [0.1, 0.15) is 5.39 Å². The standard InChI is InChI=1S/C21H22F3N5O3S.C2H3N/c22-21(23,24)14-8-10-28(12-14)33(31,32)16-5-3-15(4-6-16)26-19-18-17(7-9-25-20(18)30)29(27-19)11-13-1-2-13;1-2-3/h3-7,9,13-14H,1-2,8,10-12H2,(H,25,30)(H,26,27);1H3. The van der Waals surface area contributed by atoms with E-state index in [2.05, 4.69) is 15.4 Å². The molecule has 3 heterocycles. The second-order valence-electron chi connectivity index (χ2n) is 8.80. The second-order valence-corrected chi connectivity index (χ2v) is 10.7. The molecule has 1 unspecified atom stereocenters. The van der Waals surface area contributed by atoms with Crippen LogP contribution in [-0.4, -0.2) is 46.8 Å². The summed E-state index contributed by atoms with van der Waals surface area (Å²) in [6.07, 6.45) is -0.829. The largest absolute Gasteiger partial charge is 0.393 e. The van der Waals surface area contributed by atoms with Gasteiger partial charge in [-0.05, 0) is 55.5 Å². The number of halogens is 3. The van der Waals surface area contributed by atoms with Crippen LogP contribution in [0.15, 0.2) is 46.2 Å². The first-order valence-electron chi connectivity index (χ1n) is 11.4. The Bertz CT molecular complexity index is 1440. The SMILES string of the molecule is CC#N.O=c1[nH]ccc2c1c(Nc1ccc(S(=O)(=O)N3CCC(C(F)(F)F)C3)cc1)nn2CC1CC1. The summed E-state index contributed by atoms with van der Waals surface area (Å²) in [5.74, 6) is -0.742. The molecule has 1 atom stereocenters. The Morgan fingerprint density at radius 3 is 2.44 bits per heavy atom. The van der Waals surface area contributed by atoms with Gasteiger partial charge in [-0.3, -0.25) is 9.48 Å². The van der Waals surface area contributed by atoms with Crippen molar-refractivity contribution in [2.24, 2.45) is 11.8 Å². The lowest BCUT2D eigenvalue weighted by molar-refractivity contribution is -0.169. The summed E-state index contributed by atoms with van der Waals surface area (Å²) in [5, 5.41) is 15.3. The number of rotatable bonds is 6. The van der Waals surface area contributed by atoms with Crippen LogP contribution in [0.1, 0.15) is 26.2 Å². The van der Waals surface area contributed by atoms with Gasteiger partial charge < -0.3 is 10.3 Å². The Labute approximate surface area is 205 Å². The number of H-pyrrole nitrogens is 1. The Balaban J connectivity index is 0.000000967. The van der Waals surface area contributed by atoms with Gasteiger partial charge >= 0.3 is 6.18 Å². The number of hydrogen-bond donors (Lipinski definition) is 2. The summed E-state index contributed by atoms with van der Waals surface area (Å²) in [5.41, 5.74) is 0.926. The number of nitriles is 1. The molecular weight excluding hydrogens is 497 g/mol. The summed E-state index contributed by atoms with van der Waals surface area (Å²) < 4.78 is 67.1. The number of hydrogen-bond acceptors (Lipinski definition) is 6. The molecule has 13 heteroatoms. The topological polar surface area (TPSA) is 124 Å². The van der Waals surface area contributed by atoms with E-state index in [4.69, 9.17) is 5.26 Å². The number of benzene rings is 1. The van der Waals surface area contributed by atoms with Crippen LogP contribution in [0, 0.1) is 23.2 Å². The van der Waals surface area contributed by atoms with E-state index in [9.17, 15) is 26.4 Å². The second kappa shape index (κ2) is 9.94. The normalized spacial score (nSPS) is 18.5. The zero-order valence-corrected chi connectivity index (χ0v) is 20.2. The number of sulfonamides is 1. The lowest BCUT2D eigenvalue weighted by atomic mass is 10.1. The summed E-state index contributed by atoms with van der Waals surface area (Å²) in [6, 6.07) is 9.23. The van der Waals surface area contributed by atoms with Crippen molar-refractivity contribution in [1.29, 1.82) is 5.26 Å². The van der Waals surface area contributed by atoms with Crippen LogP contribution in [0.25, 0.3) is 10.9 Å². The van der Waals surface area contributed by atoms with Gasteiger partial charge in [0.25, 0.3) is 5.56 Å². The van der Waals surface area contributed by atoms with Crippen LogP contribution >= 0.6 is 0 Å². The Morgan fingerprint density at radius 1 is 1.19 bits per heavy atom. The molecule has 0 radical (unpaired) electrons. The first kappa shape index (κ1) is 25.7. The van der Waals surface area contributed by atoms with E-state index in [0.29, 0.717) is 34.9 Å². The average molecular weight is 523 g/mol. The number of nitrogens with zero attached hydrogens (tertiary/aromatic N) is 4. The van der Waals surface area contributed by atoms with Gasteiger partial charge in [0.2, 0.25) is 10.0 Å². The van der Waals surface area contributed by atoms with Crippen molar-refractivity contribution in [3.05, 3.63) is 46.9 Å². The van der Waals surface area contributed by atoms with Gasteiger partial charge in [0.05, 0.1) is 22.4 Å². The van der Waals surface area contributed by atoms with Crippen molar-refractivity contribution in [2.45, 2.75) is 43.8 Å². The van der Waals surface area contributed by atoms with Gasteiger partial charge in [-0.2, -0.15) is 27.8 Å². The van der Waals surface area contributed by atoms with E-state index in [1.807, 2.05) is 0 Å². The molecule has 2 fully saturated rings. The van der Waals surface area contributed by atoms with Crippen LogP contribution in [-0.2, 0) is 16.6 Å². The Hall–Kier alpha value is -3.37. The maximum Gasteiger partial charge on any atom is 0.393 e. The zero-order valence-electron chi connectivity index (χ0n) is 19.4. The zero-order chi connectivity index (χ0) is 26.1. The average Bonchev–Trinajstić information content (AvgIpc) is 3.34. The van der Waals surface area contributed by atoms with E-state index >= 15 is 0 Å². The molecule has 9 nitrogen and oxygen atoms in total. The number of pyridine rings is 1. The molecule has 0 bridgehead atoms. The van der Waals surface area contributed by atoms with Crippen LogP contribution in [0.4, 0.5) is 24.7 Å². The third-order valence-corrected chi connectivity index (χ3v) is 8.05.